The van der Waals surface area contributed by atoms with Crippen LogP contribution in [-0.2, 0) is 0 Å². The minimum Gasteiger partial charge on any atom is -0.303 e. The van der Waals surface area contributed by atoms with Crippen LogP contribution >= 0.6 is 0 Å². The van der Waals surface area contributed by atoms with E-state index in [4.69, 9.17) is 0 Å². The lowest BCUT2D eigenvalue weighted by Gasteiger charge is -2.22. The Morgan fingerprint density at radius 2 is 0.341 bits per heavy atom. The molecule has 0 bridgehead atoms. The fourth-order valence-corrected chi connectivity index (χ4v) is 6.51. The molecule has 0 heterocycles. The third-order valence-corrected chi connectivity index (χ3v) is 9.48. The molecule has 0 aliphatic heterocycles. The summed E-state index contributed by atoms with van der Waals surface area (Å²) in [6.45, 7) is 11.1. The van der Waals surface area contributed by atoms with Gasteiger partial charge in [-0.1, -0.05) is 220 Å². The number of rotatable bonds is 37. The molecule has 0 aliphatic carbocycles. The van der Waals surface area contributed by atoms with E-state index in [0.29, 0.717) is 0 Å². The summed E-state index contributed by atoms with van der Waals surface area (Å²) in [5.74, 6) is 0. The van der Waals surface area contributed by atoms with Crippen molar-refractivity contribution in [2.45, 2.75) is 239 Å². The molecule has 0 amide bonds. The van der Waals surface area contributed by atoms with Crippen LogP contribution in [0.5, 0.6) is 0 Å². The van der Waals surface area contributed by atoms with Crippen molar-refractivity contribution in [3.63, 3.8) is 0 Å². The summed E-state index contributed by atoms with van der Waals surface area (Å²) in [6, 6.07) is 0. The topological polar surface area (TPSA) is 3.24 Å². The van der Waals surface area contributed by atoms with Crippen LogP contribution < -0.4 is 0 Å². The normalized spacial score (nSPS) is 11.7. The number of unbranched alkanes of at least 4 members (excludes halogenated alkanes) is 31. The highest BCUT2D eigenvalue weighted by molar-refractivity contribution is 4.61. The van der Waals surface area contributed by atoms with Crippen molar-refractivity contribution in [1.82, 2.24) is 4.90 Å². The van der Waals surface area contributed by atoms with E-state index in [2.05, 4.69) is 25.7 Å². The second kappa shape index (κ2) is 38.0. The van der Waals surface area contributed by atoms with Crippen molar-refractivity contribution >= 4 is 0 Å². The monoisotopic (exact) mass is 578 g/mol. The zero-order valence-electron chi connectivity index (χ0n) is 29.6. The van der Waals surface area contributed by atoms with Crippen molar-refractivity contribution in [3.8, 4) is 0 Å². The molecule has 1 heteroatoms. The Kier molecular flexibility index (Phi) is 37.9. The third-order valence-electron chi connectivity index (χ3n) is 9.48. The van der Waals surface area contributed by atoms with Gasteiger partial charge in [0.05, 0.1) is 0 Å². The smallest absolute Gasteiger partial charge is 0.00187 e. The largest absolute Gasteiger partial charge is 0.303 e. The van der Waals surface area contributed by atoms with E-state index >= 15 is 0 Å². The summed E-state index contributed by atoms with van der Waals surface area (Å²) < 4.78 is 0. The molecule has 248 valence electrons. The first-order chi connectivity index (χ1) is 20.3. The van der Waals surface area contributed by atoms with Crippen LogP contribution in [0.15, 0.2) is 0 Å². The Bertz CT molecular complexity index is 411. The van der Waals surface area contributed by atoms with E-state index in [0.717, 1.165) is 0 Å². The van der Waals surface area contributed by atoms with E-state index in [1.165, 1.54) is 238 Å². The second-order valence-corrected chi connectivity index (χ2v) is 13.8. The number of nitrogens with zero attached hydrogens (tertiary/aromatic N) is 1. The predicted octanol–water partition coefficient (Wildman–Crippen LogP) is 14.6. The molecule has 0 saturated heterocycles. The molecular weight excluding hydrogens is 494 g/mol. The third kappa shape index (κ3) is 36.1. The highest BCUT2D eigenvalue weighted by Gasteiger charge is 2.05. The number of hydrogen-bond acceptors (Lipinski definition) is 1. The standard InChI is InChI=1S/C40H83N/c1-4-7-10-13-16-19-20-21-22-23-24-25-28-31-34-37-40-41(38-35-32-29-26-17-14-11-8-5-2)39-36-33-30-27-18-15-12-9-6-3/h4-40H2,1-3H3. The fraction of sp³-hybridized carbons (Fsp3) is 1.00. The molecular formula is C40H83N. The molecule has 0 radical (unpaired) electrons. The average molecular weight is 578 g/mol. The van der Waals surface area contributed by atoms with Gasteiger partial charge in [-0.05, 0) is 38.9 Å². The second-order valence-electron chi connectivity index (χ2n) is 13.8. The molecule has 0 spiro atoms. The summed E-state index contributed by atoms with van der Waals surface area (Å²) in [5.41, 5.74) is 0. The molecule has 0 aliphatic rings. The van der Waals surface area contributed by atoms with Gasteiger partial charge in [0.15, 0.2) is 0 Å². The molecule has 0 atom stereocenters. The lowest BCUT2D eigenvalue weighted by atomic mass is 10.0. The van der Waals surface area contributed by atoms with Crippen LogP contribution in [0.3, 0.4) is 0 Å². The van der Waals surface area contributed by atoms with Crippen molar-refractivity contribution < 1.29 is 0 Å². The molecule has 41 heavy (non-hydrogen) atoms. The average Bonchev–Trinajstić information content (AvgIpc) is 2.98. The van der Waals surface area contributed by atoms with Crippen molar-refractivity contribution in [3.05, 3.63) is 0 Å². The highest BCUT2D eigenvalue weighted by Crippen LogP contribution is 2.15. The van der Waals surface area contributed by atoms with Crippen LogP contribution in [0.2, 0.25) is 0 Å². The maximum Gasteiger partial charge on any atom is -0.00187 e. The Hall–Kier alpha value is -0.0400. The van der Waals surface area contributed by atoms with Gasteiger partial charge in [-0.3, -0.25) is 0 Å². The van der Waals surface area contributed by atoms with Crippen LogP contribution in [0.1, 0.15) is 239 Å². The quantitative estimate of drug-likeness (QED) is 0.0664. The maximum absolute atomic E-state index is 2.85. The summed E-state index contributed by atoms with van der Waals surface area (Å²) in [4.78, 5) is 2.85. The summed E-state index contributed by atoms with van der Waals surface area (Å²) in [7, 11) is 0. The van der Waals surface area contributed by atoms with Gasteiger partial charge in [0.2, 0.25) is 0 Å². The molecule has 0 fully saturated rings. The van der Waals surface area contributed by atoms with E-state index in [9.17, 15) is 0 Å². The molecule has 0 aromatic rings. The maximum atomic E-state index is 2.85. The molecule has 0 unspecified atom stereocenters. The van der Waals surface area contributed by atoms with Gasteiger partial charge >= 0.3 is 0 Å². The van der Waals surface area contributed by atoms with Crippen molar-refractivity contribution in [1.29, 1.82) is 0 Å². The minimum absolute atomic E-state index is 1.37. The van der Waals surface area contributed by atoms with Gasteiger partial charge in [-0.15, -0.1) is 0 Å². The number of hydrogen-bond donors (Lipinski definition) is 0. The van der Waals surface area contributed by atoms with Gasteiger partial charge in [0, 0.05) is 0 Å². The Labute approximate surface area is 263 Å². The highest BCUT2D eigenvalue weighted by atomic mass is 15.1. The first kappa shape index (κ1) is 41.0. The van der Waals surface area contributed by atoms with Gasteiger partial charge in [0.25, 0.3) is 0 Å². The molecule has 0 aromatic carbocycles. The van der Waals surface area contributed by atoms with E-state index in [1.807, 2.05) is 0 Å². The molecule has 1 nitrogen and oxygen atoms in total. The fourth-order valence-electron chi connectivity index (χ4n) is 6.51. The molecule has 0 rings (SSSR count). The van der Waals surface area contributed by atoms with Crippen molar-refractivity contribution in [2.75, 3.05) is 19.6 Å². The van der Waals surface area contributed by atoms with Gasteiger partial charge < -0.3 is 4.90 Å². The first-order valence-corrected chi connectivity index (χ1v) is 20.1. The van der Waals surface area contributed by atoms with E-state index in [1.54, 1.807) is 0 Å². The predicted molar refractivity (Wildman–Crippen MR) is 190 cm³/mol. The summed E-state index contributed by atoms with van der Waals surface area (Å²) >= 11 is 0. The zero-order valence-corrected chi connectivity index (χ0v) is 29.6. The van der Waals surface area contributed by atoms with Gasteiger partial charge in [-0.2, -0.15) is 0 Å². The van der Waals surface area contributed by atoms with Crippen LogP contribution in [0.4, 0.5) is 0 Å². The van der Waals surface area contributed by atoms with Crippen molar-refractivity contribution in [2.24, 2.45) is 0 Å². The lowest BCUT2D eigenvalue weighted by molar-refractivity contribution is 0.254. The van der Waals surface area contributed by atoms with Crippen LogP contribution in [-0.4, -0.2) is 24.5 Å². The minimum atomic E-state index is 1.37. The Morgan fingerprint density at radius 3 is 0.512 bits per heavy atom. The van der Waals surface area contributed by atoms with Crippen LogP contribution in [0.25, 0.3) is 0 Å². The molecule has 0 aromatic heterocycles. The van der Waals surface area contributed by atoms with Crippen LogP contribution in [0, 0.1) is 0 Å². The SMILES string of the molecule is CCCCCCCCCCCCCCCCCCN(CCCCCCCCCCC)CCCCCCCCCCC. The first-order valence-electron chi connectivity index (χ1n) is 20.1. The van der Waals surface area contributed by atoms with Gasteiger partial charge in [-0.25, -0.2) is 0 Å². The molecule has 0 saturated carbocycles. The van der Waals surface area contributed by atoms with Gasteiger partial charge in [0.1, 0.15) is 0 Å². The summed E-state index contributed by atoms with van der Waals surface area (Å²) in [6.07, 6.45) is 49.6. The Morgan fingerprint density at radius 1 is 0.195 bits per heavy atom. The summed E-state index contributed by atoms with van der Waals surface area (Å²) in [5, 5.41) is 0. The molecule has 0 N–H and O–H groups in total. The van der Waals surface area contributed by atoms with E-state index < -0.39 is 0 Å². The lowest BCUT2D eigenvalue weighted by Crippen LogP contribution is -2.27. The zero-order chi connectivity index (χ0) is 29.7. The van der Waals surface area contributed by atoms with E-state index in [-0.39, 0.29) is 0 Å². The Balaban J connectivity index is 3.80.